The maximum Gasteiger partial charge on any atom is 0.220 e. The second-order valence-electron chi connectivity index (χ2n) is 5.18. The fourth-order valence-corrected chi connectivity index (χ4v) is 2.14. The molecule has 0 radical (unpaired) electrons. The van der Waals surface area contributed by atoms with Gasteiger partial charge in [-0.1, -0.05) is 29.8 Å². The highest BCUT2D eigenvalue weighted by Gasteiger charge is 2.25. The second-order valence-corrected chi connectivity index (χ2v) is 6.09. The minimum absolute atomic E-state index is 0.0473. The van der Waals surface area contributed by atoms with Gasteiger partial charge in [0.1, 0.15) is 5.82 Å². The van der Waals surface area contributed by atoms with Crippen LogP contribution >= 0.6 is 15.9 Å². The van der Waals surface area contributed by atoms with Gasteiger partial charge >= 0.3 is 0 Å². The molecule has 1 rings (SSSR count). The third-order valence-corrected chi connectivity index (χ3v) is 3.49. The van der Waals surface area contributed by atoms with Crippen molar-refractivity contribution in [2.24, 2.45) is 5.73 Å². The summed E-state index contributed by atoms with van der Waals surface area (Å²) in [6.07, 6.45) is 1.07. The van der Waals surface area contributed by atoms with Crippen LogP contribution in [0.15, 0.2) is 22.7 Å². The summed E-state index contributed by atoms with van der Waals surface area (Å²) >= 11 is 3.34. The zero-order valence-corrected chi connectivity index (χ0v) is 12.9. The molecule has 106 valence electrons. The Morgan fingerprint density at radius 1 is 1.47 bits per heavy atom. The fourth-order valence-electron chi connectivity index (χ4n) is 1.78. The minimum atomic E-state index is -0.466. The van der Waals surface area contributed by atoms with Gasteiger partial charge in [0.2, 0.25) is 5.91 Å². The van der Waals surface area contributed by atoms with Crippen molar-refractivity contribution in [3.8, 4) is 0 Å². The van der Waals surface area contributed by atoms with E-state index in [1.54, 1.807) is 12.1 Å². The molecule has 0 saturated heterocycles. The summed E-state index contributed by atoms with van der Waals surface area (Å²) in [6.45, 7) is 4.70. The van der Waals surface area contributed by atoms with Crippen molar-refractivity contribution < 1.29 is 9.18 Å². The molecule has 3 nitrogen and oxygen atoms in total. The number of halogens is 2. The molecule has 1 aromatic carbocycles. The molecule has 0 spiro atoms. The van der Waals surface area contributed by atoms with E-state index in [0.717, 1.165) is 4.47 Å². The summed E-state index contributed by atoms with van der Waals surface area (Å²) in [5, 5.41) is 2.83. The van der Waals surface area contributed by atoms with E-state index in [0.29, 0.717) is 31.5 Å². The summed E-state index contributed by atoms with van der Waals surface area (Å²) in [5.41, 5.74) is 5.47. The van der Waals surface area contributed by atoms with Gasteiger partial charge in [-0.2, -0.15) is 0 Å². The van der Waals surface area contributed by atoms with Crippen molar-refractivity contribution in [3.63, 3.8) is 0 Å². The van der Waals surface area contributed by atoms with Crippen molar-refractivity contribution in [1.29, 1.82) is 0 Å². The molecule has 0 aliphatic rings. The molecule has 0 unspecified atom stereocenters. The number of nitrogens with one attached hydrogen (secondary N) is 1. The Morgan fingerprint density at radius 3 is 2.79 bits per heavy atom. The average molecular weight is 331 g/mol. The first-order valence-corrected chi connectivity index (χ1v) is 7.08. The summed E-state index contributed by atoms with van der Waals surface area (Å²) in [4.78, 5) is 11.6. The van der Waals surface area contributed by atoms with Gasteiger partial charge in [-0.05, 0) is 36.7 Å². The van der Waals surface area contributed by atoms with E-state index in [1.165, 1.54) is 6.07 Å². The Labute approximate surface area is 121 Å². The zero-order chi connectivity index (χ0) is 14.5. The van der Waals surface area contributed by atoms with Gasteiger partial charge in [0.25, 0.3) is 0 Å². The molecule has 0 atom stereocenters. The molecule has 0 aromatic heterocycles. The lowest BCUT2D eigenvalue weighted by Crippen LogP contribution is -2.37. The largest absolute Gasteiger partial charge is 0.355 e. The summed E-state index contributed by atoms with van der Waals surface area (Å²) in [6, 6.07) is 4.84. The van der Waals surface area contributed by atoms with Gasteiger partial charge in [0.05, 0.1) is 0 Å². The molecular formula is C14H20BrFN2O. The Hall–Kier alpha value is -0.940. The van der Waals surface area contributed by atoms with Crippen LogP contribution in [0.3, 0.4) is 0 Å². The summed E-state index contributed by atoms with van der Waals surface area (Å²) in [7, 11) is 0. The normalized spacial score (nSPS) is 11.4. The van der Waals surface area contributed by atoms with Gasteiger partial charge in [0, 0.05) is 22.9 Å². The van der Waals surface area contributed by atoms with E-state index in [2.05, 4.69) is 21.2 Å². The van der Waals surface area contributed by atoms with Crippen molar-refractivity contribution in [2.75, 3.05) is 13.1 Å². The number of carbonyl (C=O) groups is 1. The highest BCUT2D eigenvalue weighted by atomic mass is 79.9. The van der Waals surface area contributed by atoms with E-state index < -0.39 is 5.41 Å². The molecule has 1 aromatic rings. The number of benzene rings is 1. The van der Waals surface area contributed by atoms with Gasteiger partial charge in [0.15, 0.2) is 0 Å². The summed E-state index contributed by atoms with van der Waals surface area (Å²) in [5.74, 6) is -0.307. The Morgan fingerprint density at radius 2 is 2.16 bits per heavy atom. The number of carbonyl (C=O) groups excluding carboxylic acids is 1. The molecule has 0 bridgehead atoms. The predicted octanol–water partition coefficient (Wildman–Crippen LogP) is 2.72. The lowest BCUT2D eigenvalue weighted by molar-refractivity contribution is -0.121. The first kappa shape index (κ1) is 16.1. The monoisotopic (exact) mass is 330 g/mol. The Balaban J connectivity index is 2.70. The van der Waals surface area contributed by atoms with Gasteiger partial charge in [-0.25, -0.2) is 4.39 Å². The maximum absolute atomic E-state index is 13.8. The Kier molecular flexibility index (Phi) is 5.94. The maximum atomic E-state index is 13.8. The van der Waals surface area contributed by atoms with Crippen molar-refractivity contribution in [3.05, 3.63) is 34.1 Å². The number of hydrogen-bond donors (Lipinski definition) is 2. The standard InChI is InChI=1S/C14H20BrFN2O/c1-14(2,9-18-13(19)4-3-7-17)11-8-10(15)5-6-12(11)16/h5-6,8H,3-4,7,9,17H2,1-2H3,(H,18,19). The quantitative estimate of drug-likeness (QED) is 0.842. The lowest BCUT2D eigenvalue weighted by Gasteiger charge is -2.26. The molecule has 1 amide bonds. The van der Waals surface area contributed by atoms with Crippen LogP contribution in [0.4, 0.5) is 4.39 Å². The Bertz CT molecular complexity index is 449. The molecule has 0 aliphatic heterocycles. The van der Waals surface area contributed by atoms with Crippen LogP contribution in [0, 0.1) is 5.82 Å². The number of hydrogen-bond acceptors (Lipinski definition) is 2. The van der Waals surface area contributed by atoms with Crippen LogP contribution < -0.4 is 11.1 Å². The van der Waals surface area contributed by atoms with Crippen LogP contribution in [0.2, 0.25) is 0 Å². The van der Waals surface area contributed by atoms with Crippen LogP contribution in [0.1, 0.15) is 32.3 Å². The average Bonchev–Trinajstić information content (AvgIpc) is 2.36. The molecule has 19 heavy (non-hydrogen) atoms. The molecule has 0 saturated carbocycles. The van der Waals surface area contributed by atoms with E-state index in [4.69, 9.17) is 5.73 Å². The highest BCUT2D eigenvalue weighted by molar-refractivity contribution is 9.10. The van der Waals surface area contributed by atoms with E-state index in [1.807, 2.05) is 13.8 Å². The number of amides is 1. The zero-order valence-electron chi connectivity index (χ0n) is 11.3. The van der Waals surface area contributed by atoms with Gasteiger partial charge in [-0.3, -0.25) is 4.79 Å². The third kappa shape index (κ3) is 4.91. The van der Waals surface area contributed by atoms with Gasteiger partial charge in [-0.15, -0.1) is 0 Å². The van der Waals surface area contributed by atoms with Crippen molar-refractivity contribution in [1.82, 2.24) is 5.32 Å². The van der Waals surface area contributed by atoms with Crippen LogP contribution in [-0.4, -0.2) is 19.0 Å². The number of nitrogens with two attached hydrogens (primary N) is 1. The minimum Gasteiger partial charge on any atom is -0.355 e. The van der Waals surface area contributed by atoms with Crippen LogP contribution in [0.5, 0.6) is 0 Å². The van der Waals surface area contributed by atoms with Crippen molar-refractivity contribution in [2.45, 2.75) is 32.1 Å². The van der Waals surface area contributed by atoms with E-state index in [-0.39, 0.29) is 11.7 Å². The number of rotatable bonds is 6. The topological polar surface area (TPSA) is 55.1 Å². The first-order chi connectivity index (χ1) is 8.86. The molecule has 3 N–H and O–H groups in total. The molecule has 0 aliphatic carbocycles. The van der Waals surface area contributed by atoms with Gasteiger partial charge < -0.3 is 11.1 Å². The van der Waals surface area contributed by atoms with E-state index in [9.17, 15) is 9.18 Å². The highest BCUT2D eigenvalue weighted by Crippen LogP contribution is 2.27. The predicted molar refractivity (Wildman–Crippen MR) is 78.4 cm³/mol. The van der Waals surface area contributed by atoms with E-state index >= 15 is 0 Å². The van der Waals surface area contributed by atoms with Crippen LogP contribution in [0.25, 0.3) is 0 Å². The SMILES string of the molecule is CC(C)(CNC(=O)CCCN)c1cc(Br)ccc1F. The fraction of sp³-hybridized carbons (Fsp3) is 0.500. The molecule has 0 heterocycles. The third-order valence-electron chi connectivity index (χ3n) is 2.99. The molecule has 0 fully saturated rings. The second kappa shape index (κ2) is 7.01. The molecule has 5 heteroatoms. The van der Waals surface area contributed by atoms with Crippen LogP contribution in [-0.2, 0) is 10.2 Å². The van der Waals surface area contributed by atoms with Crippen molar-refractivity contribution >= 4 is 21.8 Å². The summed E-state index contributed by atoms with van der Waals surface area (Å²) < 4.78 is 14.7. The first-order valence-electron chi connectivity index (χ1n) is 6.29. The molecular weight excluding hydrogens is 311 g/mol. The smallest absolute Gasteiger partial charge is 0.220 e. The lowest BCUT2D eigenvalue weighted by atomic mass is 9.84.